The van der Waals surface area contributed by atoms with Gasteiger partial charge in [-0.3, -0.25) is 4.79 Å². The zero-order valence-electron chi connectivity index (χ0n) is 17.4. The maximum Gasteiger partial charge on any atom is 0.229 e. The normalized spacial score (nSPS) is 26.3. The van der Waals surface area contributed by atoms with Gasteiger partial charge >= 0.3 is 0 Å². The summed E-state index contributed by atoms with van der Waals surface area (Å²) in [7, 11) is 0. The number of aryl methyl sites for hydroxylation is 1. The zero-order chi connectivity index (χ0) is 21.8. The number of rotatable bonds is 6. The molecule has 1 amide bonds. The Labute approximate surface area is 176 Å². The minimum atomic E-state index is -1.38. The molecule has 1 heterocycles. The molecule has 0 aliphatic carbocycles. The van der Waals surface area contributed by atoms with Crippen LogP contribution in [0.25, 0.3) is 11.1 Å². The van der Waals surface area contributed by atoms with Crippen LogP contribution < -0.4 is 10.1 Å². The monoisotopic (exact) mass is 415 g/mol. The topological polar surface area (TPSA) is 108 Å². The van der Waals surface area contributed by atoms with Crippen LogP contribution in [-0.2, 0) is 16.0 Å². The van der Waals surface area contributed by atoms with Crippen LogP contribution in [0.15, 0.2) is 42.5 Å². The van der Waals surface area contributed by atoms with Crippen molar-refractivity contribution in [3.05, 3.63) is 53.6 Å². The summed E-state index contributed by atoms with van der Waals surface area (Å²) in [4.78, 5) is 11.2. The van der Waals surface area contributed by atoms with Gasteiger partial charge in [0.05, 0.1) is 6.10 Å². The summed E-state index contributed by atoms with van der Waals surface area (Å²) in [6.07, 6.45) is -5.05. The molecule has 7 heteroatoms. The fourth-order valence-electron chi connectivity index (χ4n) is 3.55. The summed E-state index contributed by atoms with van der Waals surface area (Å²) in [5, 5.41) is 32.9. The van der Waals surface area contributed by atoms with E-state index in [0.29, 0.717) is 18.7 Å². The summed E-state index contributed by atoms with van der Waals surface area (Å²) in [5.41, 5.74) is 4.10. The standard InChI is InChI=1S/C23H29NO6/c1-13-5-4-6-17(11-13)19-12-18(8-7-16(19)9-10-24-15(3)25)30-23-22(28)21(27)20(26)14(2)29-23/h4-8,11-12,14,20-23,26-28H,9-10H2,1-3H3,(H,24,25)/t14-,20-,21+,22+,23-/m0/s1. The SMILES string of the molecule is CC(=O)NCCc1ccc(O[C@@H]2O[C@@H](C)[C@H](O)[C@@H](O)[C@H]2O)cc1-c1cccc(C)c1. The summed E-state index contributed by atoms with van der Waals surface area (Å²) in [6, 6.07) is 13.6. The second kappa shape index (κ2) is 9.57. The molecule has 0 spiro atoms. The average Bonchev–Trinajstić information content (AvgIpc) is 2.71. The largest absolute Gasteiger partial charge is 0.462 e. The number of nitrogens with one attached hydrogen (secondary N) is 1. The first-order chi connectivity index (χ1) is 14.3. The third-order valence-corrected chi connectivity index (χ3v) is 5.24. The maximum absolute atomic E-state index is 11.2. The fourth-order valence-corrected chi connectivity index (χ4v) is 3.55. The van der Waals surface area contributed by atoms with Crippen LogP contribution in [0.2, 0.25) is 0 Å². The highest BCUT2D eigenvalue weighted by Gasteiger charge is 2.43. The van der Waals surface area contributed by atoms with Gasteiger partial charge in [0.15, 0.2) is 0 Å². The minimum Gasteiger partial charge on any atom is -0.462 e. The van der Waals surface area contributed by atoms with Gasteiger partial charge < -0.3 is 30.1 Å². The van der Waals surface area contributed by atoms with Crippen molar-refractivity contribution in [1.82, 2.24) is 5.32 Å². The van der Waals surface area contributed by atoms with E-state index in [0.717, 1.165) is 22.3 Å². The highest BCUT2D eigenvalue weighted by atomic mass is 16.7. The van der Waals surface area contributed by atoms with Crippen molar-refractivity contribution in [3.8, 4) is 16.9 Å². The van der Waals surface area contributed by atoms with Gasteiger partial charge in [-0.1, -0.05) is 35.9 Å². The van der Waals surface area contributed by atoms with E-state index in [1.54, 1.807) is 13.0 Å². The van der Waals surface area contributed by atoms with E-state index in [2.05, 4.69) is 11.4 Å². The van der Waals surface area contributed by atoms with E-state index in [-0.39, 0.29) is 5.91 Å². The summed E-state index contributed by atoms with van der Waals surface area (Å²) in [5.74, 6) is 0.389. The lowest BCUT2D eigenvalue weighted by molar-refractivity contribution is -0.268. The molecule has 2 aromatic rings. The van der Waals surface area contributed by atoms with Crippen LogP contribution in [0.3, 0.4) is 0 Å². The molecule has 0 bridgehead atoms. The molecule has 1 aliphatic heterocycles. The number of amides is 1. The predicted octanol–water partition coefficient (Wildman–Crippen LogP) is 1.55. The van der Waals surface area contributed by atoms with Crippen molar-refractivity contribution >= 4 is 5.91 Å². The lowest BCUT2D eigenvalue weighted by Crippen LogP contribution is -2.58. The summed E-state index contributed by atoms with van der Waals surface area (Å²) in [6.45, 7) is 5.63. The number of hydrogen-bond acceptors (Lipinski definition) is 6. The molecule has 30 heavy (non-hydrogen) atoms. The number of carbonyl (C=O) groups is 1. The van der Waals surface area contributed by atoms with E-state index in [4.69, 9.17) is 9.47 Å². The summed E-state index contributed by atoms with van der Waals surface area (Å²) >= 11 is 0. The van der Waals surface area contributed by atoms with Gasteiger partial charge in [0.25, 0.3) is 0 Å². The first-order valence-corrected chi connectivity index (χ1v) is 10.1. The van der Waals surface area contributed by atoms with Crippen LogP contribution in [0.1, 0.15) is 25.0 Å². The zero-order valence-corrected chi connectivity index (χ0v) is 17.4. The highest BCUT2D eigenvalue weighted by Crippen LogP contribution is 2.31. The molecule has 2 aromatic carbocycles. The van der Waals surface area contributed by atoms with E-state index in [9.17, 15) is 20.1 Å². The molecule has 0 radical (unpaired) electrons. The number of carbonyl (C=O) groups excluding carboxylic acids is 1. The van der Waals surface area contributed by atoms with E-state index < -0.39 is 30.7 Å². The lowest BCUT2D eigenvalue weighted by atomic mass is 9.96. The molecule has 3 rings (SSSR count). The molecular formula is C23H29NO6. The van der Waals surface area contributed by atoms with Crippen LogP contribution in [-0.4, -0.2) is 58.5 Å². The smallest absolute Gasteiger partial charge is 0.229 e. The van der Waals surface area contributed by atoms with Gasteiger partial charge in [0, 0.05) is 13.5 Å². The lowest BCUT2D eigenvalue weighted by Gasteiger charge is -2.39. The Bertz CT molecular complexity index is 886. The molecule has 0 saturated carbocycles. The van der Waals surface area contributed by atoms with Crippen molar-refractivity contribution in [2.45, 2.75) is 57.9 Å². The van der Waals surface area contributed by atoms with Gasteiger partial charge in [0.1, 0.15) is 24.1 Å². The molecule has 162 valence electrons. The maximum atomic E-state index is 11.2. The van der Waals surface area contributed by atoms with Crippen LogP contribution in [0, 0.1) is 6.92 Å². The van der Waals surface area contributed by atoms with E-state index in [1.807, 2.05) is 37.3 Å². The highest BCUT2D eigenvalue weighted by molar-refractivity contribution is 5.73. The van der Waals surface area contributed by atoms with Crippen molar-refractivity contribution in [1.29, 1.82) is 0 Å². The number of aliphatic hydroxyl groups is 3. The molecule has 1 aliphatic rings. The molecule has 0 unspecified atom stereocenters. The molecule has 5 atom stereocenters. The Morgan fingerprint density at radius 1 is 1.10 bits per heavy atom. The van der Waals surface area contributed by atoms with Gasteiger partial charge in [-0.2, -0.15) is 0 Å². The fraction of sp³-hybridized carbons (Fsp3) is 0.435. The van der Waals surface area contributed by atoms with Gasteiger partial charge in [-0.25, -0.2) is 0 Å². The molecule has 1 fully saturated rings. The van der Waals surface area contributed by atoms with Crippen LogP contribution in [0.5, 0.6) is 5.75 Å². The van der Waals surface area contributed by atoms with Gasteiger partial charge in [0.2, 0.25) is 12.2 Å². The van der Waals surface area contributed by atoms with Crippen molar-refractivity contribution in [2.24, 2.45) is 0 Å². The molecule has 4 N–H and O–H groups in total. The Hall–Kier alpha value is -2.45. The first kappa shape index (κ1) is 22.2. The Kier molecular flexibility index (Phi) is 7.10. The average molecular weight is 415 g/mol. The number of benzene rings is 2. The molecule has 7 nitrogen and oxygen atoms in total. The first-order valence-electron chi connectivity index (χ1n) is 10.1. The third kappa shape index (κ3) is 5.17. The van der Waals surface area contributed by atoms with Crippen LogP contribution >= 0.6 is 0 Å². The Balaban J connectivity index is 1.87. The Morgan fingerprint density at radius 3 is 2.57 bits per heavy atom. The van der Waals surface area contributed by atoms with Gasteiger partial charge in [-0.15, -0.1) is 0 Å². The minimum absolute atomic E-state index is 0.0784. The number of aliphatic hydroxyl groups excluding tert-OH is 3. The molecule has 0 aromatic heterocycles. The van der Waals surface area contributed by atoms with Crippen molar-refractivity contribution in [2.75, 3.05) is 6.54 Å². The van der Waals surface area contributed by atoms with Crippen molar-refractivity contribution < 1.29 is 29.6 Å². The summed E-state index contributed by atoms with van der Waals surface area (Å²) < 4.78 is 11.4. The second-order valence-electron chi connectivity index (χ2n) is 7.72. The molecular weight excluding hydrogens is 386 g/mol. The predicted molar refractivity (Wildman–Crippen MR) is 112 cm³/mol. The van der Waals surface area contributed by atoms with Gasteiger partial charge in [-0.05, 0) is 49.1 Å². The number of hydrogen-bond donors (Lipinski definition) is 4. The molecule has 1 saturated heterocycles. The van der Waals surface area contributed by atoms with Crippen molar-refractivity contribution in [3.63, 3.8) is 0 Å². The third-order valence-electron chi connectivity index (χ3n) is 5.24. The quantitative estimate of drug-likeness (QED) is 0.570. The number of ether oxygens (including phenoxy) is 2. The Morgan fingerprint density at radius 2 is 1.87 bits per heavy atom. The van der Waals surface area contributed by atoms with E-state index >= 15 is 0 Å². The second-order valence-corrected chi connectivity index (χ2v) is 7.72. The van der Waals surface area contributed by atoms with Crippen LogP contribution in [0.4, 0.5) is 0 Å². The van der Waals surface area contributed by atoms with E-state index in [1.165, 1.54) is 6.92 Å².